The van der Waals surface area contributed by atoms with Crippen molar-refractivity contribution in [1.82, 2.24) is 4.98 Å². The van der Waals surface area contributed by atoms with Crippen LogP contribution in [0.2, 0.25) is 0 Å². The quantitative estimate of drug-likeness (QED) is 0.702. The van der Waals surface area contributed by atoms with E-state index in [0.717, 1.165) is 18.8 Å². The molecule has 0 saturated carbocycles. The fourth-order valence-electron chi connectivity index (χ4n) is 2.04. The second-order valence-electron chi connectivity index (χ2n) is 4.32. The van der Waals surface area contributed by atoms with Gasteiger partial charge in [0.05, 0.1) is 24.1 Å². The first kappa shape index (κ1) is 10.4. The first-order chi connectivity index (χ1) is 7.15. The Labute approximate surface area is 91.1 Å². The summed E-state index contributed by atoms with van der Waals surface area (Å²) in [6, 6.07) is 4.19. The van der Waals surface area contributed by atoms with Crippen molar-refractivity contribution >= 4 is 5.69 Å². The van der Waals surface area contributed by atoms with Crippen LogP contribution >= 0.6 is 0 Å². The Kier molecular flexibility index (Phi) is 2.91. The van der Waals surface area contributed by atoms with Crippen molar-refractivity contribution in [2.45, 2.75) is 33.0 Å². The van der Waals surface area contributed by atoms with Gasteiger partial charge in [-0.3, -0.25) is 4.98 Å². The van der Waals surface area contributed by atoms with E-state index in [4.69, 9.17) is 4.74 Å². The number of anilines is 1. The Morgan fingerprint density at radius 3 is 2.47 bits per heavy atom. The van der Waals surface area contributed by atoms with Gasteiger partial charge in [-0.15, -0.1) is 0 Å². The highest BCUT2D eigenvalue weighted by Crippen LogP contribution is 2.19. The number of aryl methyl sites for hydroxylation is 1. The minimum absolute atomic E-state index is 0.301. The van der Waals surface area contributed by atoms with Gasteiger partial charge in [0, 0.05) is 18.8 Å². The third kappa shape index (κ3) is 2.48. The molecule has 0 aromatic carbocycles. The van der Waals surface area contributed by atoms with Crippen LogP contribution in [0.15, 0.2) is 18.3 Å². The first-order valence-electron chi connectivity index (χ1n) is 5.48. The maximum atomic E-state index is 5.70. The predicted octanol–water partition coefficient (Wildman–Crippen LogP) is 2.00. The molecule has 1 aliphatic heterocycles. The topological polar surface area (TPSA) is 25.4 Å². The van der Waals surface area contributed by atoms with Crippen molar-refractivity contribution in [2.24, 2.45) is 0 Å². The molecular formula is C12H18N2O. The molecule has 0 spiro atoms. The number of nitrogens with zero attached hydrogens (tertiary/aromatic N) is 2. The van der Waals surface area contributed by atoms with Crippen LogP contribution in [0.25, 0.3) is 0 Å². The van der Waals surface area contributed by atoms with E-state index in [1.807, 2.05) is 13.1 Å². The number of morpholine rings is 1. The number of pyridine rings is 1. The minimum atomic E-state index is 0.301. The third-order valence-corrected chi connectivity index (χ3v) is 2.68. The summed E-state index contributed by atoms with van der Waals surface area (Å²) >= 11 is 0. The molecule has 0 amide bonds. The zero-order valence-electron chi connectivity index (χ0n) is 9.60. The van der Waals surface area contributed by atoms with Crippen molar-refractivity contribution < 1.29 is 4.74 Å². The van der Waals surface area contributed by atoms with Gasteiger partial charge < -0.3 is 9.64 Å². The molecular weight excluding hydrogens is 188 g/mol. The SMILES string of the molecule is Cc1ccc(N2C[C@@H](C)O[C@@H](C)C2)cn1. The molecule has 15 heavy (non-hydrogen) atoms. The van der Waals surface area contributed by atoms with E-state index in [2.05, 4.69) is 35.9 Å². The van der Waals surface area contributed by atoms with Crippen molar-refractivity contribution in [1.29, 1.82) is 0 Å². The van der Waals surface area contributed by atoms with Gasteiger partial charge in [-0.05, 0) is 32.9 Å². The van der Waals surface area contributed by atoms with Crippen LogP contribution in [0.1, 0.15) is 19.5 Å². The Bertz CT molecular complexity index is 313. The Morgan fingerprint density at radius 1 is 1.27 bits per heavy atom. The van der Waals surface area contributed by atoms with Gasteiger partial charge in [-0.25, -0.2) is 0 Å². The average molecular weight is 206 g/mol. The molecule has 1 aliphatic rings. The predicted molar refractivity (Wildman–Crippen MR) is 61.2 cm³/mol. The third-order valence-electron chi connectivity index (χ3n) is 2.68. The monoisotopic (exact) mass is 206 g/mol. The van der Waals surface area contributed by atoms with Crippen molar-refractivity contribution in [3.63, 3.8) is 0 Å². The highest BCUT2D eigenvalue weighted by atomic mass is 16.5. The van der Waals surface area contributed by atoms with Gasteiger partial charge in [-0.2, -0.15) is 0 Å². The molecule has 2 rings (SSSR count). The molecule has 1 fully saturated rings. The minimum Gasteiger partial charge on any atom is -0.372 e. The lowest BCUT2D eigenvalue weighted by Gasteiger charge is -2.36. The van der Waals surface area contributed by atoms with Crippen LogP contribution in [0.4, 0.5) is 5.69 Å². The van der Waals surface area contributed by atoms with E-state index in [1.54, 1.807) is 0 Å². The van der Waals surface area contributed by atoms with Crippen molar-refractivity contribution in [3.05, 3.63) is 24.0 Å². The van der Waals surface area contributed by atoms with E-state index in [0.29, 0.717) is 12.2 Å². The number of hydrogen-bond acceptors (Lipinski definition) is 3. The maximum absolute atomic E-state index is 5.70. The second kappa shape index (κ2) is 4.19. The first-order valence-corrected chi connectivity index (χ1v) is 5.48. The van der Waals surface area contributed by atoms with Crippen molar-refractivity contribution in [2.75, 3.05) is 18.0 Å². The van der Waals surface area contributed by atoms with E-state index in [1.165, 1.54) is 5.69 Å². The lowest BCUT2D eigenvalue weighted by Crippen LogP contribution is -2.45. The summed E-state index contributed by atoms with van der Waals surface area (Å²) in [5.74, 6) is 0. The summed E-state index contributed by atoms with van der Waals surface area (Å²) in [5, 5.41) is 0. The summed E-state index contributed by atoms with van der Waals surface area (Å²) in [7, 11) is 0. The van der Waals surface area contributed by atoms with Gasteiger partial charge in [0.1, 0.15) is 0 Å². The largest absolute Gasteiger partial charge is 0.372 e. The lowest BCUT2D eigenvalue weighted by molar-refractivity contribution is -0.00523. The summed E-state index contributed by atoms with van der Waals surface area (Å²) in [4.78, 5) is 6.66. The van der Waals surface area contributed by atoms with E-state index in [-0.39, 0.29) is 0 Å². The fraction of sp³-hybridized carbons (Fsp3) is 0.583. The Balaban J connectivity index is 2.12. The standard InChI is InChI=1S/C12H18N2O/c1-9-4-5-12(6-13-9)14-7-10(2)15-11(3)8-14/h4-6,10-11H,7-8H2,1-3H3/t10-,11+. The maximum Gasteiger partial charge on any atom is 0.0726 e. The number of aromatic nitrogens is 1. The zero-order chi connectivity index (χ0) is 10.8. The van der Waals surface area contributed by atoms with Gasteiger partial charge >= 0.3 is 0 Å². The number of ether oxygens (including phenoxy) is 1. The van der Waals surface area contributed by atoms with Gasteiger partial charge in [-0.1, -0.05) is 0 Å². The molecule has 0 aliphatic carbocycles. The normalized spacial score (nSPS) is 26.7. The Morgan fingerprint density at radius 2 is 1.93 bits per heavy atom. The van der Waals surface area contributed by atoms with Gasteiger partial charge in [0.15, 0.2) is 0 Å². The van der Waals surface area contributed by atoms with Crippen LogP contribution in [0.5, 0.6) is 0 Å². The Hall–Kier alpha value is -1.09. The number of hydrogen-bond donors (Lipinski definition) is 0. The van der Waals surface area contributed by atoms with E-state index in [9.17, 15) is 0 Å². The van der Waals surface area contributed by atoms with Crippen LogP contribution in [-0.2, 0) is 4.74 Å². The molecule has 0 bridgehead atoms. The van der Waals surface area contributed by atoms with E-state index >= 15 is 0 Å². The molecule has 0 radical (unpaired) electrons. The molecule has 1 aromatic rings. The second-order valence-corrected chi connectivity index (χ2v) is 4.32. The number of rotatable bonds is 1. The smallest absolute Gasteiger partial charge is 0.0726 e. The summed E-state index contributed by atoms with van der Waals surface area (Å²) in [5.41, 5.74) is 2.26. The lowest BCUT2D eigenvalue weighted by atomic mass is 10.2. The zero-order valence-corrected chi connectivity index (χ0v) is 9.60. The van der Waals surface area contributed by atoms with Gasteiger partial charge in [0.25, 0.3) is 0 Å². The molecule has 2 heterocycles. The molecule has 1 saturated heterocycles. The summed E-state index contributed by atoms with van der Waals surface area (Å²) in [6.45, 7) is 8.15. The summed E-state index contributed by atoms with van der Waals surface area (Å²) < 4.78 is 5.70. The fourth-order valence-corrected chi connectivity index (χ4v) is 2.04. The van der Waals surface area contributed by atoms with Crippen LogP contribution < -0.4 is 4.90 Å². The van der Waals surface area contributed by atoms with Crippen molar-refractivity contribution in [3.8, 4) is 0 Å². The molecule has 2 atom stereocenters. The summed E-state index contributed by atoms with van der Waals surface area (Å²) in [6.07, 6.45) is 2.55. The van der Waals surface area contributed by atoms with Gasteiger partial charge in [0.2, 0.25) is 0 Å². The molecule has 82 valence electrons. The van der Waals surface area contributed by atoms with Crippen LogP contribution in [0, 0.1) is 6.92 Å². The highest BCUT2D eigenvalue weighted by molar-refractivity contribution is 5.45. The molecule has 3 heteroatoms. The molecule has 0 N–H and O–H groups in total. The van der Waals surface area contributed by atoms with Crippen LogP contribution in [0.3, 0.4) is 0 Å². The average Bonchev–Trinajstić information content (AvgIpc) is 2.17. The molecule has 0 unspecified atom stereocenters. The molecule has 3 nitrogen and oxygen atoms in total. The van der Waals surface area contributed by atoms with Crippen LogP contribution in [-0.4, -0.2) is 30.3 Å². The molecule has 1 aromatic heterocycles. The highest BCUT2D eigenvalue weighted by Gasteiger charge is 2.22. The van der Waals surface area contributed by atoms with E-state index < -0.39 is 0 Å².